The van der Waals surface area contributed by atoms with Crippen LogP contribution in [-0.4, -0.2) is 23.6 Å². The molecule has 1 heterocycles. The van der Waals surface area contributed by atoms with Gasteiger partial charge in [0.2, 0.25) is 0 Å². The molecule has 3 N–H and O–H groups in total. The maximum absolute atomic E-state index is 12.7. The second kappa shape index (κ2) is 9.72. The van der Waals surface area contributed by atoms with E-state index in [1.54, 1.807) is 36.0 Å². The summed E-state index contributed by atoms with van der Waals surface area (Å²) in [4.78, 5) is 13.1. The molecule has 9 heteroatoms. The fraction of sp³-hybridized carbons (Fsp3) is 0.160. The zero-order valence-corrected chi connectivity index (χ0v) is 19.0. The fourth-order valence-electron chi connectivity index (χ4n) is 3.43. The molecule has 4 rings (SSSR count). The van der Waals surface area contributed by atoms with Crippen LogP contribution in [0.1, 0.15) is 27.0 Å². The highest BCUT2D eigenvalue weighted by atomic mass is 32.2. The standard InChI is InChI=1S/C25H22F3N3O2S/c1-31(21-12-6-18(7-13-21)23(32)33)24-30-22(15-34-24)17-4-10-20(11-5-17)29-14-16-2-8-19(9-3-16)25(26,27)28/h2-13,15,24,29-30H,14H2,1H3,(H,32,33). The number of hydrogen-bond donors (Lipinski definition) is 3. The molecule has 5 nitrogen and oxygen atoms in total. The van der Waals surface area contributed by atoms with Gasteiger partial charge in [-0.2, -0.15) is 13.2 Å². The van der Waals surface area contributed by atoms with Gasteiger partial charge in [0.1, 0.15) is 0 Å². The molecule has 0 aliphatic carbocycles. The van der Waals surface area contributed by atoms with Crippen molar-refractivity contribution < 1.29 is 23.1 Å². The van der Waals surface area contributed by atoms with E-state index in [0.717, 1.165) is 40.3 Å². The van der Waals surface area contributed by atoms with Gasteiger partial charge >= 0.3 is 12.1 Å². The predicted molar refractivity (Wildman–Crippen MR) is 130 cm³/mol. The van der Waals surface area contributed by atoms with E-state index in [4.69, 9.17) is 5.11 Å². The fourth-order valence-corrected chi connectivity index (χ4v) is 4.40. The van der Waals surface area contributed by atoms with Crippen molar-refractivity contribution >= 4 is 34.8 Å². The Labute approximate surface area is 199 Å². The van der Waals surface area contributed by atoms with Crippen molar-refractivity contribution in [2.45, 2.75) is 18.2 Å². The van der Waals surface area contributed by atoms with Crippen molar-refractivity contribution in [2.24, 2.45) is 0 Å². The first-order valence-electron chi connectivity index (χ1n) is 10.4. The summed E-state index contributed by atoms with van der Waals surface area (Å²) in [5.41, 5.74) is 4.05. The first-order valence-corrected chi connectivity index (χ1v) is 11.3. The van der Waals surface area contributed by atoms with Crippen LogP contribution in [0, 0.1) is 0 Å². The first kappa shape index (κ1) is 23.6. The first-order chi connectivity index (χ1) is 16.2. The molecule has 3 aromatic carbocycles. The maximum Gasteiger partial charge on any atom is 0.416 e. The minimum absolute atomic E-state index is 0.0388. The molecule has 1 aliphatic heterocycles. The van der Waals surface area contributed by atoms with Crippen molar-refractivity contribution in [3.8, 4) is 0 Å². The zero-order valence-electron chi connectivity index (χ0n) is 18.1. The SMILES string of the molecule is CN(c1ccc(C(=O)O)cc1)C1NC(c2ccc(NCc3ccc(C(F)(F)F)cc3)cc2)=CS1. The summed E-state index contributed by atoms with van der Waals surface area (Å²) in [5, 5.41) is 17.8. The molecule has 0 spiro atoms. The Morgan fingerprint density at radius 2 is 1.68 bits per heavy atom. The molecule has 0 bridgehead atoms. The smallest absolute Gasteiger partial charge is 0.416 e. The quantitative estimate of drug-likeness (QED) is 0.378. The van der Waals surface area contributed by atoms with Gasteiger partial charge in [0.15, 0.2) is 5.50 Å². The van der Waals surface area contributed by atoms with Gasteiger partial charge in [-0.3, -0.25) is 0 Å². The zero-order chi connectivity index (χ0) is 24.3. The number of alkyl halides is 3. The Bertz CT molecular complexity index is 1180. The predicted octanol–water partition coefficient (Wildman–Crippen LogP) is 6.07. The van der Waals surface area contributed by atoms with Crippen molar-refractivity contribution in [3.05, 3.63) is 100 Å². The van der Waals surface area contributed by atoms with Crippen LogP contribution in [0.3, 0.4) is 0 Å². The molecule has 0 saturated heterocycles. The number of anilines is 2. The minimum atomic E-state index is -4.33. The van der Waals surface area contributed by atoms with E-state index >= 15 is 0 Å². The van der Waals surface area contributed by atoms with Crippen LogP contribution in [0.15, 0.2) is 78.2 Å². The third kappa shape index (κ3) is 5.48. The third-order valence-corrected chi connectivity index (χ3v) is 6.50. The number of benzene rings is 3. The molecule has 1 unspecified atom stereocenters. The summed E-state index contributed by atoms with van der Waals surface area (Å²) < 4.78 is 38.0. The Balaban J connectivity index is 1.32. The Morgan fingerprint density at radius 1 is 1.03 bits per heavy atom. The van der Waals surface area contributed by atoms with Gasteiger partial charge in [0, 0.05) is 25.0 Å². The molecule has 1 aliphatic rings. The number of halogens is 3. The molecule has 0 amide bonds. The van der Waals surface area contributed by atoms with Gasteiger partial charge in [-0.25, -0.2) is 4.79 Å². The van der Waals surface area contributed by atoms with E-state index in [9.17, 15) is 18.0 Å². The lowest BCUT2D eigenvalue weighted by atomic mass is 10.1. The molecular formula is C25H22F3N3O2S. The van der Waals surface area contributed by atoms with E-state index in [2.05, 4.69) is 10.6 Å². The number of aromatic carboxylic acids is 1. The second-order valence-electron chi connectivity index (χ2n) is 7.75. The molecule has 0 fully saturated rings. The van der Waals surface area contributed by atoms with Crippen LogP contribution in [0.25, 0.3) is 5.70 Å². The molecule has 3 aromatic rings. The van der Waals surface area contributed by atoms with Crippen LogP contribution in [-0.2, 0) is 12.7 Å². The normalized spacial score (nSPS) is 15.4. The van der Waals surface area contributed by atoms with Crippen molar-refractivity contribution in [2.75, 3.05) is 17.3 Å². The lowest BCUT2D eigenvalue weighted by molar-refractivity contribution is -0.137. The average molecular weight is 486 g/mol. The summed E-state index contributed by atoms with van der Waals surface area (Å²) >= 11 is 1.61. The number of carboxylic acids is 1. The summed E-state index contributed by atoms with van der Waals surface area (Å²) in [5.74, 6) is -0.955. The maximum atomic E-state index is 12.7. The Morgan fingerprint density at radius 3 is 2.26 bits per heavy atom. The monoisotopic (exact) mass is 485 g/mol. The van der Waals surface area contributed by atoms with Crippen molar-refractivity contribution in [1.82, 2.24) is 5.32 Å². The van der Waals surface area contributed by atoms with Crippen LogP contribution < -0.4 is 15.5 Å². The van der Waals surface area contributed by atoms with Gasteiger partial charge in [-0.05, 0) is 65.1 Å². The molecule has 0 saturated carbocycles. The van der Waals surface area contributed by atoms with Crippen molar-refractivity contribution in [3.63, 3.8) is 0 Å². The van der Waals surface area contributed by atoms with Crippen LogP contribution >= 0.6 is 11.8 Å². The van der Waals surface area contributed by atoms with Gasteiger partial charge in [0.25, 0.3) is 0 Å². The highest BCUT2D eigenvalue weighted by Gasteiger charge is 2.29. The highest BCUT2D eigenvalue weighted by Crippen LogP contribution is 2.32. The van der Waals surface area contributed by atoms with Crippen LogP contribution in [0.5, 0.6) is 0 Å². The Kier molecular flexibility index (Phi) is 6.74. The van der Waals surface area contributed by atoms with E-state index in [0.29, 0.717) is 6.54 Å². The molecular weight excluding hydrogens is 463 g/mol. The van der Waals surface area contributed by atoms with E-state index in [1.165, 1.54) is 12.1 Å². The number of thioether (sulfide) groups is 1. The number of carbonyl (C=O) groups is 1. The largest absolute Gasteiger partial charge is 0.478 e. The van der Waals surface area contributed by atoms with Crippen LogP contribution in [0.2, 0.25) is 0 Å². The van der Waals surface area contributed by atoms with Gasteiger partial charge in [0.05, 0.1) is 16.8 Å². The Hall–Kier alpha value is -3.59. The highest BCUT2D eigenvalue weighted by molar-refractivity contribution is 8.03. The number of nitrogens with one attached hydrogen (secondary N) is 2. The number of nitrogens with zero attached hydrogens (tertiary/aromatic N) is 1. The summed E-state index contributed by atoms with van der Waals surface area (Å²) in [7, 11) is 1.94. The number of carboxylic acid groups (broad SMARTS) is 1. The molecule has 34 heavy (non-hydrogen) atoms. The van der Waals surface area contributed by atoms with E-state index in [1.807, 2.05) is 41.6 Å². The lowest BCUT2D eigenvalue weighted by Crippen LogP contribution is -2.37. The molecule has 176 valence electrons. The number of hydrogen-bond acceptors (Lipinski definition) is 5. The average Bonchev–Trinajstić information content (AvgIpc) is 3.33. The van der Waals surface area contributed by atoms with Gasteiger partial charge in [-0.15, -0.1) is 0 Å². The molecule has 0 radical (unpaired) electrons. The number of rotatable bonds is 7. The summed E-state index contributed by atoms with van der Waals surface area (Å²) in [6, 6.07) is 19.6. The van der Waals surface area contributed by atoms with Gasteiger partial charge in [-0.1, -0.05) is 36.0 Å². The van der Waals surface area contributed by atoms with Gasteiger partial charge < -0.3 is 20.6 Å². The minimum Gasteiger partial charge on any atom is -0.478 e. The van der Waals surface area contributed by atoms with E-state index in [-0.39, 0.29) is 11.1 Å². The molecule has 0 aromatic heterocycles. The van der Waals surface area contributed by atoms with E-state index < -0.39 is 17.7 Å². The summed E-state index contributed by atoms with van der Waals surface area (Å²) in [6.45, 7) is 0.418. The van der Waals surface area contributed by atoms with Crippen molar-refractivity contribution in [1.29, 1.82) is 0 Å². The molecule has 1 atom stereocenters. The van der Waals surface area contributed by atoms with Crippen LogP contribution in [0.4, 0.5) is 24.5 Å². The topological polar surface area (TPSA) is 64.6 Å². The summed E-state index contributed by atoms with van der Waals surface area (Å²) in [6.07, 6.45) is -4.33. The third-order valence-electron chi connectivity index (χ3n) is 5.44. The second-order valence-corrected chi connectivity index (χ2v) is 8.71. The lowest BCUT2D eigenvalue weighted by Gasteiger charge is -2.27.